The second-order valence-corrected chi connectivity index (χ2v) is 3.49. The fraction of sp³-hybridized carbons (Fsp3) is 0.400. The Hall–Kier alpha value is -1.86. The second-order valence-electron chi connectivity index (χ2n) is 3.49. The molecule has 0 spiro atoms. The molecule has 0 amide bonds. The van der Waals surface area contributed by atoms with Gasteiger partial charge in [-0.3, -0.25) is 0 Å². The highest BCUT2D eigenvalue weighted by atomic mass is 16.6. The average Bonchev–Trinajstić information content (AvgIpc) is 2.84. The van der Waals surface area contributed by atoms with Crippen LogP contribution in [-0.2, 0) is 0 Å². The van der Waals surface area contributed by atoms with Crippen molar-refractivity contribution >= 4 is 16.7 Å². The summed E-state index contributed by atoms with van der Waals surface area (Å²) < 4.78 is 9.76. The van der Waals surface area contributed by atoms with Crippen molar-refractivity contribution in [1.29, 1.82) is 0 Å². The standard InChI is InChI=1S/C10H13N3O4/c1-16-8-3-2-7(11-4-6(15)5-14)9-10(8)13-17-12-9/h2-3,6,11,14-15H,4-5H2,1H3. The number of aliphatic hydroxyl groups is 2. The Morgan fingerprint density at radius 1 is 1.41 bits per heavy atom. The minimum atomic E-state index is -0.827. The molecule has 7 nitrogen and oxygen atoms in total. The fourth-order valence-corrected chi connectivity index (χ4v) is 1.44. The summed E-state index contributed by atoms with van der Waals surface area (Å²) in [6.45, 7) is -0.0891. The van der Waals surface area contributed by atoms with Crippen LogP contribution < -0.4 is 10.1 Å². The summed E-state index contributed by atoms with van der Waals surface area (Å²) in [4.78, 5) is 0. The van der Waals surface area contributed by atoms with Crippen LogP contribution >= 0.6 is 0 Å². The van der Waals surface area contributed by atoms with Gasteiger partial charge in [-0.2, -0.15) is 0 Å². The van der Waals surface area contributed by atoms with Crippen LogP contribution in [0.4, 0.5) is 5.69 Å². The van der Waals surface area contributed by atoms with Gasteiger partial charge in [0, 0.05) is 6.54 Å². The number of aliphatic hydroxyl groups excluding tert-OH is 2. The van der Waals surface area contributed by atoms with E-state index in [9.17, 15) is 5.11 Å². The van der Waals surface area contributed by atoms with Crippen LogP contribution in [0.15, 0.2) is 16.8 Å². The molecule has 1 atom stereocenters. The van der Waals surface area contributed by atoms with E-state index in [1.807, 2.05) is 0 Å². The molecular formula is C10H13N3O4. The van der Waals surface area contributed by atoms with Crippen molar-refractivity contribution < 1.29 is 19.6 Å². The quantitative estimate of drug-likeness (QED) is 0.675. The first kappa shape index (κ1) is 11.6. The molecule has 0 bridgehead atoms. The maximum absolute atomic E-state index is 9.25. The zero-order chi connectivity index (χ0) is 12.3. The number of ether oxygens (including phenoxy) is 1. The lowest BCUT2D eigenvalue weighted by Gasteiger charge is -2.10. The van der Waals surface area contributed by atoms with E-state index < -0.39 is 6.10 Å². The molecule has 1 aromatic carbocycles. The van der Waals surface area contributed by atoms with E-state index in [0.29, 0.717) is 22.5 Å². The van der Waals surface area contributed by atoms with E-state index in [0.717, 1.165) is 0 Å². The summed E-state index contributed by atoms with van der Waals surface area (Å²) in [5, 5.41) is 28.4. The molecular weight excluding hydrogens is 226 g/mol. The summed E-state index contributed by atoms with van der Waals surface area (Å²) in [6, 6.07) is 3.47. The molecule has 1 heterocycles. The SMILES string of the molecule is COc1ccc(NCC(O)CO)c2nonc12. The molecule has 17 heavy (non-hydrogen) atoms. The number of methoxy groups -OCH3 is 1. The van der Waals surface area contributed by atoms with Crippen LogP contribution in [0.5, 0.6) is 5.75 Å². The highest BCUT2D eigenvalue weighted by Crippen LogP contribution is 2.28. The molecule has 3 N–H and O–H groups in total. The number of anilines is 1. The van der Waals surface area contributed by atoms with Gasteiger partial charge in [0.15, 0.2) is 16.8 Å². The smallest absolute Gasteiger partial charge is 0.179 e. The molecule has 7 heteroatoms. The number of nitrogens with zero attached hydrogens (tertiary/aromatic N) is 2. The fourth-order valence-electron chi connectivity index (χ4n) is 1.44. The number of nitrogens with one attached hydrogen (secondary N) is 1. The Labute approximate surface area is 97.0 Å². The highest BCUT2D eigenvalue weighted by Gasteiger charge is 2.12. The van der Waals surface area contributed by atoms with Gasteiger partial charge in [0.05, 0.1) is 25.5 Å². The molecule has 0 radical (unpaired) electrons. The Balaban J connectivity index is 2.26. The maximum Gasteiger partial charge on any atom is 0.179 e. The molecule has 2 rings (SSSR count). The molecule has 92 valence electrons. The Morgan fingerprint density at radius 3 is 2.88 bits per heavy atom. The maximum atomic E-state index is 9.25. The van der Waals surface area contributed by atoms with Gasteiger partial charge < -0.3 is 20.3 Å². The number of rotatable bonds is 5. The van der Waals surface area contributed by atoms with Crippen molar-refractivity contribution in [3.63, 3.8) is 0 Å². The minimum Gasteiger partial charge on any atom is -0.494 e. The van der Waals surface area contributed by atoms with Crippen molar-refractivity contribution in [1.82, 2.24) is 10.3 Å². The van der Waals surface area contributed by atoms with E-state index >= 15 is 0 Å². The molecule has 0 aliphatic rings. The highest BCUT2D eigenvalue weighted by molar-refractivity contribution is 5.91. The number of fused-ring (bicyclic) bond motifs is 1. The van der Waals surface area contributed by atoms with Gasteiger partial charge in [-0.05, 0) is 22.4 Å². The van der Waals surface area contributed by atoms with Crippen molar-refractivity contribution in [2.45, 2.75) is 6.10 Å². The number of hydrogen-bond acceptors (Lipinski definition) is 7. The topological polar surface area (TPSA) is 101 Å². The third-order valence-corrected chi connectivity index (χ3v) is 2.34. The van der Waals surface area contributed by atoms with Gasteiger partial charge >= 0.3 is 0 Å². The van der Waals surface area contributed by atoms with Gasteiger partial charge in [-0.1, -0.05) is 0 Å². The third-order valence-electron chi connectivity index (χ3n) is 2.34. The molecule has 2 aromatic rings. The van der Waals surface area contributed by atoms with Crippen LogP contribution in [0.25, 0.3) is 11.0 Å². The normalized spacial score (nSPS) is 12.6. The van der Waals surface area contributed by atoms with Crippen LogP contribution in [0.3, 0.4) is 0 Å². The Kier molecular flexibility index (Phi) is 3.40. The predicted molar refractivity (Wildman–Crippen MR) is 59.9 cm³/mol. The Bertz CT molecular complexity index is 499. The monoisotopic (exact) mass is 239 g/mol. The van der Waals surface area contributed by atoms with E-state index in [2.05, 4.69) is 20.3 Å². The molecule has 1 unspecified atom stereocenters. The van der Waals surface area contributed by atoms with Crippen LogP contribution in [0, 0.1) is 0 Å². The van der Waals surface area contributed by atoms with Gasteiger partial charge in [0.25, 0.3) is 0 Å². The van der Waals surface area contributed by atoms with E-state index in [1.54, 1.807) is 12.1 Å². The molecule has 0 saturated heterocycles. The van der Waals surface area contributed by atoms with Crippen molar-refractivity contribution in [2.24, 2.45) is 0 Å². The number of aromatic nitrogens is 2. The molecule has 0 fully saturated rings. The van der Waals surface area contributed by atoms with Crippen molar-refractivity contribution in [3.8, 4) is 5.75 Å². The van der Waals surface area contributed by atoms with Crippen molar-refractivity contribution in [2.75, 3.05) is 25.6 Å². The minimum absolute atomic E-state index is 0.213. The van der Waals surface area contributed by atoms with Gasteiger partial charge in [-0.15, -0.1) is 0 Å². The first-order valence-corrected chi connectivity index (χ1v) is 5.08. The lowest BCUT2D eigenvalue weighted by molar-refractivity contribution is 0.105. The van der Waals surface area contributed by atoms with E-state index in [-0.39, 0.29) is 13.2 Å². The first-order valence-electron chi connectivity index (χ1n) is 5.08. The molecule has 1 aromatic heterocycles. The van der Waals surface area contributed by atoms with Crippen LogP contribution in [-0.4, -0.2) is 46.9 Å². The summed E-state index contributed by atoms with van der Waals surface area (Å²) >= 11 is 0. The molecule has 0 aliphatic heterocycles. The molecule has 0 aliphatic carbocycles. The number of hydrogen-bond donors (Lipinski definition) is 3. The zero-order valence-electron chi connectivity index (χ0n) is 9.25. The zero-order valence-corrected chi connectivity index (χ0v) is 9.25. The summed E-state index contributed by atoms with van der Waals surface area (Å²) in [5.41, 5.74) is 1.69. The second kappa shape index (κ2) is 4.98. The lowest BCUT2D eigenvalue weighted by atomic mass is 10.2. The number of benzene rings is 1. The van der Waals surface area contributed by atoms with Gasteiger partial charge in [-0.25, -0.2) is 4.63 Å². The van der Waals surface area contributed by atoms with Gasteiger partial charge in [0.1, 0.15) is 0 Å². The van der Waals surface area contributed by atoms with Crippen molar-refractivity contribution in [3.05, 3.63) is 12.1 Å². The Morgan fingerprint density at radius 2 is 2.18 bits per heavy atom. The first-order chi connectivity index (χ1) is 8.26. The molecule has 0 saturated carbocycles. The van der Waals surface area contributed by atoms with Gasteiger partial charge in [0.2, 0.25) is 0 Å². The summed E-state index contributed by atoms with van der Waals surface area (Å²) in [7, 11) is 1.53. The summed E-state index contributed by atoms with van der Waals surface area (Å²) in [5.74, 6) is 0.564. The van der Waals surface area contributed by atoms with E-state index in [1.165, 1.54) is 7.11 Å². The summed E-state index contributed by atoms with van der Waals surface area (Å²) in [6.07, 6.45) is -0.827. The van der Waals surface area contributed by atoms with E-state index in [4.69, 9.17) is 9.84 Å². The predicted octanol–water partition coefficient (Wildman–Crippen LogP) is -0.00350. The third kappa shape index (κ3) is 2.29. The van der Waals surface area contributed by atoms with Crippen LogP contribution in [0.2, 0.25) is 0 Å². The largest absolute Gasteiger partial charge is 0.494 e. The lowest BCUT2D eigenvalue weighted by Crippen LogP contribution is -2.23. The average molecular weight is 239 g/mol. The van der Waals surface area contributed by atoms with Crippen LogP contribution in [0.1, 0.15) is 0 Å².